The first-order chi connectivity index (χ1) is 7.48. The maximum Gasteiger partial charge on any atom is 0.321 e. The molecule has 0 fully saturated rings. The number of unbranched alkanes of at least 4 members (excludes halogenated alkanes) is 3. The maximum absolute atomic E-state index is 11.0. The second kappa shape index (κ2) is 10.0. The molecule has 0 bridgehead atoms. The van der Waals surface area contributed by atoms with Crippen LogP contribution in [0.15, 0.2) is 0 Å². The van der Waals surface area contributed by atoms with Crippen LogP contribution in [0.2, 0.25) is 0 Å². The quantitative estimate of drug-likeness (QED) is 0.637. The average Bonchev–Trinajstić information content (AvgIpc) is 2.23. The molecular formula is C12H26ClNO2S. The molecule has 0 amide bonds. The van der Waals surface area contributed by atoms with E-state index in [9.17, 15) is 4.79 Å². The number of nitrogens with two attached hydrogens (primary N) is 1. The first-order valence-corrected chi connectivity index (χ1v) is 7.08. The van der Waals surface area contributed by atoms with E-state index in [-0.39, 0.29) is 17.2 Å². The molecule has 2 unspecified atom stereocenters. The Kier molecular flexibility index (Phi) is 11.5. The van der Waals surface area contributed by atoms with E-state index in [1.807, 2.05) is 13.8 Å². The molecule has 0 spiro atoms. The first-order valence-electron chi connectivity index (χ1n) is 6.10. The van der Waals surface area contributed by atoms with E-state index in [2.05, 4.69) is 6.92 Å². The van der Waals surface area contributed by atoms with Crippen molar-refractivity contribution in [1.29, 1.82) is 0 Å². The molecule has 104 valence electrons. The lowest BCUT2D eigenvalue weighted by molar-refractivity contribution is -0.139. The highest BCUT2D eigenvalue weighted by molar-refractivity contribution is 8.00. The summed E-state index contributed by atoms with van der Waals surface area (Å²) in [4.78, 5) is 11.0. The Balaban J connectivity index is 0. The minimum absolute atomic E-state index is 0. The minimum Gasteiger partial charge on any atom is -0.480 e. The highest BCUT2D eigenvalue weighted by Crippen LogP contribution is 2.33. The van der Waals surface area contributed by atoms with Gasteiger partial charge in [-0.15, -0.1) is 12.4 Å². The summed E-state index contributed by atoms with van der Waals surface area (Å²) in [6, 6.07) is -0.765. The van der Waals surface area contributed by atoms with Crippen molar-refractivity contribution in [3.8, 4) is 0 Å². The van der Waals surface area contributed by atoms with Crippen LogP contribution in [0.5, 0.6) is 0 Å². The second-order valence-corrected chi connectivity index (χ2v) is 6.17. The third-order valence-electron chi connectivity index (χ3n) is 2.92. The number of carbonyl (C=O) groups is 1. The van der Waals surface area contributed by atoms with Crippen LogP contribution in [0.1, 0.15) is 52.9 Å². The fourth-order valence-electron chi connectivity index (χ4n) is 1.81. The molecule has 0 aromatic rings. The summed E-state index contributed by atoms with van der Waals surface area (Å²) in [7, 11) is 0. The number of hydrogen-bond donors (Lipinski definition) is 2. The molecular weight excluding hydrogens is 258 g/mol. The number of carboxylic acid groups (broad SMARTS) is 1. The van der Waals surface area contributed by atoms with Gasteiger partial charge in [0.2, 0.25) is 0 Å². The molecule has 0 saturated carbocycles. The zero-order valence-corrected chi connectivity index (χ0v) is 12.7. The zero-order chi connectivity index (χ0) is 12.6. The van der Waals surface area contributed by atoms with Crippen molar-refractivity contribution in [2.45, 2.75) is 63.7 Å². The van der Waals surface area contributed by atoms with E-state index in [1.54, 1.807) is 11.8 Å². The van der Waals surface area contributed by atoms with E-state index in [0.717, 1.165) is 18.6 Å². The predicted molar refractivity (Wildman–Crippen MR) is 78.2 cm³/mol. The Morgan fingerprint density at radius 3 is 2.35 bits per heavy atom. The molecule has 5 heteroatoms. The molecule has 0 aliphatic rings. The van der Waals surface area contributed by atoms with Crippen LogP contribution in [0, 0.1) is 0 Å². The Morgan fingerprint density at radius 2 is 1.94 bits per heavy atom. The van der Waals surface area contributed by atoms with Crippen molar-refractivity contribution >= 4 is 30.1 Å². The van der Waals surface area contributed by atoms with Crippen LogP contribution >= 0.6 is 24.2 Å². The van der Waals surface area contributed by atoms with Gasteiger partial charge in [0.05, 0.1) is 0 Å². The number of carboxylic acids is 1. The second-order valence-electron chi connectivity index (χ2n) is 4.37. The lowest BCUT2D eigenvalue weighted by Gasteiger charge is -2.32. The monoisotopic (exact) mass is 283 g/mol. The number of aliphatic carboxylic acids is 1. The lowest BCUT2D eigenvalue weighted by Crippen LogP contribution is -2.48. The zero-order valence-electron chi connectivity index (χ0n) is 11.1. The van der Waals surface area contributed by atoms with Gasteiger partial charge in [0, 0.05) is 4.75 Å². The van der Waals surface area contributed by atoms with Crippen LogP contribution in [-0.2, 0) is 4.79 Å². The molecule has 0 heterocycles. The summed E-state index contributed by atoms with van der Waals surface area (Å²) in [6.45, 7) is 6.19. The summed E-state index contributed by atoms with van der Waals surface area (Å²) < 4.78 is -0.325. The van der Waals surface area contributed by atoms with E-state index >= 15 is 0 Å². The Morgan fingerprint density at radius 1 is 1.35 bits per heavy atom. The highest BCUT2D eigenvalue weighted by Gasteiger charge is 2.35. The highest BCUT2D eigenvalue weighted by atomic mass is 35.5. The Labute approximate surface area is 115 Å². The van der Waals surface area contributed by atoms with E-state index in [4.69, 9.17) is 10.8 Å². The van der Waals surface area contributed by atoms with Gasteiger partial charge < -0.3 is 10.8 Å². The SMILES string of the molecule is CCCCCCC(C)(SCC)C(N)C(=O)O.Cl. The topological polar surface area (TPSA) is 63.3 Å². The Hall–Kier alpha value is 0.0700. The van der Waals surface area contributed by atoms with E-state index in [0.29, 0.717) is 0 Å². The standard InChI is InChI=1S/C12H25NO2S.ClH/c1-4-6-7-8-9-12(3,16-5-2)10(13)11(14)15;/h10H,4-9,13H2,1-3H3,(H,14,15);1H. The smallest absolute Gasteiger partial charge is 0.321 e. The van der Waals surface area contributed by atoms with Gasteiger partial charge in [0.25, 0.3) is 0 Å². The molecule has 0 aliphatic carbocycles. The van der Waals surface area contributed by atoms with Crippen LogP contribution in [0.3, 0.4) is 0 Å². The van der Waals surface area contributed by atoms with Gasteiger partial charge in [-0.25, -0.2) is 0 Å². The lowest BCUT2D eigenvalue weighted by atomic mass is 9.94. The average molecular weight is 284 g/mol. The number of hydrogen-bond acceptors (Lipinski definition) is 3. The van der Waals surface area contributed by atoms with E-state index < -0.39 is 12.0 Å². The summed E-state index contributed by atoms with van der Waals surface area (Å²) in [5.74, 6) is 0.0181. The van der Waals surface area contributed by atoms with Gasteiger partial charge in [-0.1, -0.05) is 39.5 Å². The number of halogens is 1. The molecule has 0 aromatic heterocycles. The van der Waals surface area contributed by atoms with Gasteiger partial charge in [-0.3, -0.25) is 4.79 Å². The number of thioether (sulfide) groups is 1. The van der Waals surface area contributed by atoms with Crippen molar-refractivity contribution < 1.29 is 9.90 Å². The largest absolute Gasteiger partial charge is 0.480 e. The third kappa shape index (κ3) is 7.17. The third-order valence-corrected chi connectivity index (χ3v) is 4.33. The molecule has 17 heavy (non-hydrogen) atoms. The van der Waals surface area contributed by atoms with E-state index in [1.165, 1.54) is 19.3 Å². The van der Waals surface area contributed by atoms with Gasteiger partial charge in [-0.05, 0) is 19.1 Å². The van der Waals surface area contributed by atoms with Gasteiger partial charge in [0.1, 0.15) is 6.04 Å². The van der Waals surface area contributed by atoms with Crippen molar-refractivity contribution in [1.82, 2.24) is 0 Å². The fourth-order valence-corrected chi connectivity index (χ4v) is 3.04. The minimum atomic E-state index is -0.890. The van der Waals surface area contributed by atoms with Crippen molar-refractivity contribution in [2.75, 3.05) is 5.75 Å². The first kappa shape index (κ1) is 19.4. The Bertz CT molecular complexity index is 217. The van der Waals surface area contributed by atoms with Crippen LogP contribution in [0.4, 0.5) is 0 Å². The normalized spacial score (nSPS) is 15.8. The number of rotatable bonds is 9. The molecule has 0 rings (SSSR count). The molecule has 0 radical (unpaired) electrons. The molecule has 0 saturated heterocycles. The van der Waals surface area contributed by atoms with Crippen molar-refractivity contribution in [3.05, 3.63) is 0 Å². The fraction of sp³-hybridized carbons (Fsp3) is 0.917. The van der Waals surface area contributed by atoms with Crippen LogP contribution < -0.4 is 5.73 Å². The summed E-state index contributed by atoms with van der Waals surface area (Å²) >= 11 is 1.67. The maximum atomic E-state index is 11.0. The summed E-state index contributed by atoms with van der Waals surface area (Å²) in [5.41, 5.74) is 5.78. The van der Waals surface area contributed by atoms with Crippen molar-refractivity contribution in [2.24, 2.45) is 5.73 Å². The molecule has 2 atom stereocenters. The summed E-state index contributed by atoms with van der Waals surface area (Å²) in [6.07, 6.45) is 5.54. The van der Waals surface area contributed by atoms with Gasteiger partial charge in [0.15, 0.2) is 0 Å². The van der Waals surface area contributed by atoms with Gasteiger partial charge in [-0.2, -0.15) is 11.8 Å². The van der Waals surface area contributed by atoms with Crippen molar-refractivity contribution in [3.63, 3.8) is 0 Å². The molecule has 0 aliphatic heterocycles. The van der Waals surface area contributed by atoms with Gasteiger partial charge >= 0.3 is 5.97 Å². The molecule has 3 N–H and O–H groups in total. The predicted octanol–water partition coefficient (Wildman–Crippen LogP) is 3.30. The molecule has 0 aromatic carbocycles. The molecule has 3 nitrogen and oxygen atoms in total. The van der Waals surface area contributed by atoms with Crippen LogP contribution in [-0.4, -0.2) is 27.6 Å². The van der Waals surface area contributed by atoms with Crippen LogP contribution in [0.25, 0.3) is 0 Å². The summed E-state index contributed by atoms with van der Waals surface area (Å²) in [5, 5.41) is 9.01.